The molecular weight excluding hydrogens is 264 g/mol. The van der Waals surface area contributed by atoms with Crippen molar-refractivity contribution in [3.05, 3.63) is 0 Å². The highest BCUT2D eigenvalue weighted by molar-refractivity contribution is 5.07. The van der Waals surface area contributed by atoms with E-state index in [4.69, 9.17) is 0 Å². The van der Waals surface area contributed by atoms with Crippen LogP contribution in [0.25, 0.3) is 0 Å². The number of rotatable bonds is 5. The highest BCUT2D eigenvalue weighted by Crippen LogP contribution is 2.64. The van der Waals surface area contributed by atoms with Crippen LogP contribution in [0.4, 0.5) is 0 Å². The van der Waals surface area contributed by atoms with E-state index in [2.05, 4.69) is 62.3 Å². The molecule has 0 aromatic heterocycles. The molecule has 9 unspecified atom stereocenters. The summed E-state index contributed by atoms with van der Waals surface area (Å²) in [7, 11) is 0. The van der Waals surface area contributed by atoms with E-state index in [1.807, 2.05) is 0 Å². The van der Waals surface area contributed by atoms with E-state index < -0.39 is 0 Å². The fourth-order valence-electron chi connectivity index (χ4n) is 7.17. The van der Waals surface area contributed by atoms with Gasteiger partial charge in [-0.15, -0.1) is 0 Å². The van der Waals surface area contributed by atoms with Gasteiger partial charge in [0.15, 0.2) is 0 Å². The van der Waals surface area contributed by atoms with Gasteiger partial charge in [-0.3, -0.25) is 0 Å². The van der Waals surface area contributed by atoms with Gasteiger partial charge in [-0.1, -0.05) is 75.2 Å². The minimum absolute atomic E-state index is 0.841. The molecule has 0 aromatic carbocycles. The summed E-state index contributed by atoms with van der Waals surface area (Å²) < 4.78 is 0. The third kappa shape index (κ3) is 2.78. The first kappa shape index (κ1) is 18.3. The molecule has 0 heteroatoms. The summed E-state index contributed by atoms with van der Waals surface area (Å²) in [6, 6.07) is 0. The van der Waals surface area contributed by atoms with Gasteiger partial charge in [-0.05, 0) is 65.1 Å². The van der Waals surface area contributed by atoms with Gasteiger partial charge in [0, 0.05) is 0 Å². The summed E-state index contributed by atoms with van der Waals surface area (Å²) in [4.78, 5) is 0. The van der Waals surface area contributed by atoms with Crippen molar-refractivity contribution < 1.29 is 0 Å². The molecule has 2 saturated carbocycles. The smallest absolute Gasteiger partial charge is 0.0318 e. The SMILES string of the molecule is CCCC(C(C)C)C1C(C)C(C)C2C(C)C(C(C)C)C2C1C. The zero-order chi connectivity index (χ0) is 16.8. The van der Waals surface area contributed by atoms with Crippen molar-refractivity contribution in [2.24, 2.45) is 65.1 Å². The molecule has 0 bridgehead atoms. The van der Waals surface area contributed by atoms with E-state index in [-0.39, 0.29) is 0 Å². The van der Waals surface area contributed by atoms with Crippen molar-refractivity contribution in [3.63, 3.8) is 0 Å². The van der Waals surface area contributed by atoms with Crippen molar-refractivity contribution in [2.45, 2.75) is 75.2 Å². The van der Waals surface area contributed by atoms with Gasteiger partial charge in [0.25, 0.3) is 0 Å². The lowest BCUT2D eigenvalue weighted by Gasteiger charge is -2.65. The first-order valence-corrected chi connectivity index (χ1v) is 10.2. The highest BCUT2D eigenvalue weighted by Gasteiger charge is 2.59. The Kier molecular flexibility index (Phi) is 5.72. The van der Waals surface area contributed by atoms with E-state index in [1.54, 1.807) is 0 Å². The molecule has 2 aliphatic rings. The summed E-state index contributed by atoms with van der Waals surface area (Å²) in [5.74, 6) is 10.3. The zero-order valence-corrected chi connectivity index (χ0v) is 16.8. The summed E-state index contributed by atoms with van der Waals surface area (Å²) >= 11 is 0. The van der Waals surface area contributed by atoms with Gasteiger partial charge in [0.2, 0.25) is 0 Å². The topological polar surface area (TPSA) is 0 Å². The second-order valence-electron chi connectivity index (χ2n) is 9.69. The van der Waals surface area contributed by atoms with E-state index >= 15 is 0 Å². The Morgan fingerprint density at radius 2 is 1.23 bits per heavy atom. The maximum absolute atomic E-state index is 2.62. The Morgan fingerprint density at radius 3 is 1.68 bits per heavy atom. The number of fused-ring (bicyclic) bond motifs is 1. The first-order valence-electron chi connectivity index (χ1n) is 10.2. The largest absolute Gasteiger partial charge is 0.0654 e. The minimum Gasteiger partial charge on any atom is -0.0654 e. The van der Waals surface area contributed by atoms with Crippen LogP contribution >= 0.6 is 0 Å². The van der Waals surface area contributed by atoms with Crippen LogP contribution < -0.4 is 0 Å². The van der Waals surface area contributed by atoms with E-state index in [0.717, 1.165) is 65.1 Å². The molecule has 0 N–H and O–H groups in total. The lowest BCUT2D eigenvalue weighted by Crippen LogP contribution is -2.61. The Hall–Kier alpha value is 0. The van der Waals surface area contributed by atoms with Gasteiger partial charge in [0.1, 0.15) is 0 Å². The standard InChI is InChI=1S/C22H42/c1-10-11-18(12(2)3)20-14(6)15(7)21-16(8)19(13(4)5)22(21)17(20)9/h12-22H,10-11H2,1-9H3. The Bertz CT molecular complexity index is 355. The molecule has 0 aliphatic heterocycles. The second kappa shape index (κ2) is 6.86. The van der Waals surface area contributed by atoms with Crippen LogP contribution in [-0.4, -0.2) is 0 Å². The molecule has 0 nitrogen and oxygen atoms in total. The predicted molar refractivity (Wildman–Crippen MR) is 98.7 cm³/mol. The molecule has 0 saturated heterocycles. The molecule has 0 aromatic rings. The Morgan fingerprint density at radius 1 is 0.682 bits per heavy atom. The van der Waals surface area contributed by atoms with Gasteiger partial charge < -0.3 is 0 Å². The summed E-state index contributed by atoms with van der Waals surface area (Å²) in [5, 5.41) is 0. The van der Waals surface area contributed by atoms with Crippen LogP contribution in [0.2, 0.25) is 0 Å². The van der Waals surface area contributed by atoms with Crippen LogP contribution in [0.5, 0.6) is 0 Å². The van der Waals surface area contributed by atoms with E-state index in [0.29, 0.717) is 0 Å². The average molecular weight is 307 g/mol. The second-order valence-corrected chi connectivity index (χ2v) is 9.69. The molecule has 2 rings (SSSR count). The minimum atomic E-state index is 0.841. The fourth-order valence-corrected chi connectivity index (χ4v) is 7.17. The highest BCUT2D eigenvalue weighted by atomic mass is 14.6. The quantitative estimate of drug-likeness (QED) is 0.527. The molecular formula is C22H42. The normalized spacial score (nSPS) is 46.5. The summed E-state index contributed by atoms with van der Waals surface area (Å²) in [5.41, 5.74) is 0. The summed E-state index contributed by atoms with van der Waals surface area (Å²) in [6.07, 6.45) is 2.79. The van der Waals surface area contributed by atoms with Crippen molar-refractivity contribution in [2.75, 3.05) is 0 Å². The van der Waals surface area contributed by atoms with Crippen molar-refractivity contribution in [3.8, 4) is 0 Å². The summed E-state index contributed by atoms with van der Waals surface area (Å²) in [6.45, 7) is 22.6. The van der Waals surface area contributed by atoms with Gasteiger partial charge in [-0.25, -0.2) is 0 Å². The van der Waals surface area contributed by atoms with E-state index in [9.17, 15) is 0 Å². The molecule has 0 radical (unpaired) electrons. The monoisotopic (exact) mass is 306 g/mol. The maximum atomic E-state index is 2.62. The molecule has 22 heavy (non-hydrogen) atoms. The van der Waals surface area contributed by atoms with Crippen molar-refractivity contribution in [1.29, 1.82) is 0 Å². The Balaban J connectivity index is 2.28. The van der Waals surface area contributed by atoms with Gasteiger partial charge in [-0.2, -0.15) is 0 Å². The molecule has 0 spiro atoms. The maximum Gasteiger partial charge on any atom is -0.0318 e. The third-order valence-corrected chi connectivity index (χ3v) is 8.10. The van der Waals surface area contributed by atoms with Crippen molar-refractivity contribution in [1.82, 2.24) is 0 Å². The third-order valence-electron chi connectivity index (χ3n) is 8.10. The van der Waals surface area contributed by atoms with Crippen LogP contribution in [0.15, 0.2) is 0 Å². The number of hydrogen-bond acceptors (Lipinski definition) is 0. The van der Waals surface area contributed by atoms with Gasteiger partial charge >= 0.3 is 0 Å². The zero-order valence-electron chi connectivity index (χ0n) is 16.8. The molecule has 9 atom stereocenters. The van der Waals surface area contributed by atoms with Gasteiger partial charge in [0.05, 0.1) is 0 Å². The molecule has 0 heterocycles. The Labute approximate surface area is 140 Å². The average Bonchev–Trinajstić information content (AvgIpc) is 2.41. The molecule has 130 valence electrons. The van der Waals surface area contributed by atoms with Crippen LogP contribution in [0.1, 0.15) is 75.2 Å². The van der Waals surface area contributed by atoms with Crippen molar-refractivity contribution >= 4 is 0 Å². The van der Waals surface area contributed by atoms with E-state index in [1.165, 1.54) is 12.8 Å². The van der Waals surface area contributed by atoms with Crippen LogP contribution in [0, 0.1) is 65.1 Å². The molecule has 0 amide bonds. The predicted octanol–water partition coefficient (Wildman–Crippen LogP) is 6.75. The lowest BCUT2D eigenvalue weighted by atomic mass is 9.40. The van der Waals surface area contributed by atoms with Crippen LogP contribution in [-0.2, 0) is 0 Å². The van der Waals surface area contributed by atoms with Crippen LogP contribution in [0.3, 0.4) is 0 Å². The molecule has 2 fully saturated rings. The first-order chi connectivity index (χ1) is 10.2. The molecule has 2 aliphatic carbocycles. The lowest BCUT2D eigenvalue weighted by molar-refractivity contribution is -0.177. The number of hydrogen-bond donors (Lipinski definition) is 0. The fraction of sp³-hybridized carbons (Fsp3) is 1.00.